The van der Waals surface area contributed by atoms with E-state index in [1.54, 1.807) is 0 Å². The van der Waals surface area contributed by atoms with Gasteiger partial charge in [0.05, 0.1) is 5.92 Å². The Balaban J connectivity index is 2.30. The Labute approximate surface area is 67.7 Å². The first-order chi connectivity index (χ1) is 5.34. The molecule has 0 aromatic heterocycles. The maximum Gasteiger partial charge on any atom is 0.226 e. The normalized spacial score (nSPS) is 24.5. The van der Waals surface area contributed by atoms with Gasteiger partial charge in [0.2, 0.25) is 5.91 Å². The van der Waals surface area contributed by atoms with Crippen molar-refractivity contribution in [3.63, 3.8) is 0 Å². The van der Waals surface area contributed by atoms with Crippen LogP contribution in [0.1, 0.15) is 26.2 Å². The van der Waals surface area contributed by atoms with Gasteiger partial charge >= 0.3 is 0 Å². The number of carbonyl (C=O) groups excluding carboxylic acids is 1. The van der Waals surface area contributed by atoms with Gasteiger partial charge in [0.1, 0.15) is 0 Å². The topological polar surface area (TPSA) is 29.1 Å². The van der Waals surface area contributed by atoms with Crippen LogP contribution in [0, 0.1) is 5.92 Å². The molecule has 1 saturated heterocycles. The Hall–Kier alpha value is -0.790. The quantitative estimate of drug-likeness (QED) is 0.611. The summed E-state index contributed by atoms with van der Waals surface area (Å²) in [5.41, 5.74) is 0. The van der Waals surface area contributed by atoms with Gasteiger partial charge in [0, 0.05) is 6.54 Å². The highest BCUT2D eigenvalue weighted by atomic mass is 16.2. The maximum atomic E-state index is 11.0. The zero-order chi connectivity index (χ0) is 8.10. The Kier molecular flexibility index (Phi) is 3.14. The summed E-state index contributed by atoms with van der Waals surface area (Å²) >= 11 is 0. The SMILES string of the molecule is CCCC=CC1CCNC1=O. The van der Waals surface area contributed by atoms with Crippen molar-refractivity contribution in [2.24, 2.45) is 5.92 Å². The van der Waals surface area contributed by atoms with Crippen molar-refractivity contribution < 1.29 is 4.79 Å². The monoisotopic (exact) mass is 153 g/mol. The van der Waals surface area contributed by atoms with E-state index >= 15 is 0 Å². The van der Waals surface area contributed by atoms with Crippen molar-refractivity contribution in [2.45, 2.75) is 26.2 Å². The molecule has 1 aliphatic rings. The van der Waals surface area contributed by atoms with E-state index < -0.39 is 0 Å². The predicted molar refractivity (Wildman–Crippen MR) is 45.2 cm³/mol. The zero-order valence-electron chi connectivity index (χ0n) is 6.97. The van der Waals surface area contributed by atoms with Gasteiger partial charge < -0.3 is 5.32 Å². The van der Waals surface area contributed by atoms with Crippen molar-refractivity contribution in [1.82, 2.24) is 5.32 Å². The Morgan fingerprint density at radius 1 is 1.73 bits per heavy atom. The number of hydrogen-bond acceptors (Lipinski definition) is 1. The molecule has 1 atom stereocenters. The number of nitrogens with one attached hydrogen (secondary N) is 1. The van der Waals surface area contributed by atoms with Gasteiger partial charge in [-0.3, -0.25) is 4.79 Å². The second kappa shape index (κ2) is 4.16. The lowest BCUT2D eigenvalue weighted by molar-refractivity contribution is -0.121. The summed E-state index contributed by atoms with van der Waals surface area (Å²) in [5.74, 6) is 0.346. The number of carbonyl (C=O) groups is 1. The first-order valence-corrected chi connectivity index (χ1v) is 4.29. The highest BCUT2D eigenvalue weighted by molar-refractivity contribution is 5.82. The van der Waals surface area contributed by atoms with Crippen LogP contribution in [-0.2, 0) is 4.79 Å². The summed E-state index contributed by atoms with van der Waals surface area (Å²) in [4.78, 5) is 11.0. The fourth-order valence-corrected chi connectivity index (χ4v) is 1.22. The summed E-state index contributed by atoms with van der Waals surface area (Å²) in [6, 6.07) is 0. The molecule has 0 saturated carbocycles. The molecule has 0 bridgehead atoms. The van der Waals surface area contributed by atoms with Crippen molar-refractivity contribution in [3.05, 3.63) is 12.2 Å². The molecule has 1 fully saturated rings. The average Bonchev–Trinajstić information content (AvgIpc) is 2.37. The lowest BCUT2D eigenvalue weighted by Crippen LogP contribution is -2.17. The molecular weight excluding hydrogens is 138 g/mol. The van der Waals surface area contributed by atoms with Crippen LogP contribution in [0.4, 0.5) is 0 Å². The van der Waals surface area contributed by atoms with Crippen molar-refractivity contribution >= 4 is 5.91 Å². The van der Waals surface area contributed by atoms with Crippen LogP contribution in [-0.4, -0.2) is 12.5 Å². The molecule has 1 amide bonds. The predicted octanol–water partition coefficient (Wildman–Crippen LogP) is 1.48. The van der Waals surface area contributed by atoms with Gasteiger partial charge in [-0.05, 0) is 12.8 Å². The van der Waals surface area contributed by atoms with Gasteiger partial charge in [-0.15, -0.1) is 0 Å². The minimum atomic E-state index is 0.154. The molecule has 1 unspecified atom stereocenters. The van der Waals surface area contributed by atoms with E-state index in [9.17, 15) is 4.79 Å². The molecule has 0 aromatic carbocycles. The summed E-state index contributed by atoms with van der Waals surface area (Å²) in [6.45, 7) is 2.99. The van der Waals surface area contributed by atoms with Crippen molar-refractivity contribution in [1.29, 1.82) is 0 Å². The number of unbranched alkanes of at least 4 members (excludes halogenated alkanes) is 1. The molecule has 0 aliphatic carbocycles. The molecule has 0 radical (unpaired) electrons. The molecule has 2 heteroatoms. The molecule has 0 spiro atoms. The Morgan fingerprint density at radius 3 is 3.09 bits per heavy atom. The molecule has 1 rings (SSSR count). The Morgan fingerprint density at radius 2 is 2.55 bits per heavy atom. The van der Waals surface area contributed by atoms with E-state index in [4.69, 9.17) is 0 Å². The maximum absolute atomic E-state index is 11.0. The van der Waals surface area contributed by atoms with Gasteiger partial charge in [-0.2, -0.15) is 0 Å². The van der Waals surface area contributed by atoms with Crippen LogP contribution in [0.5, 0.6) is 0 Å². The number of allylic oxidation sites excluding steroid dienone is 1. The molecule has 62 valence electrons. The van der Waals surface area contributed by atoms with E-state index in [-0.39, 0.29) is 11.8 Å². The fraction of sp³-hybridized carbons (Fsp3) is 0.667. The molecular formula is C9H15NO. The molecule has 11 heavy (non-hydrogen) atoms. The Bertz CT molecular complexity index is 163. The van der Waals surface area contributed by atoms with Gasteiger partial charge in [0.15, 0.2) is 0 Å². The van der Waals surface area contributed by atoms with E-state index in [1.165, 1.54) is 0 Å². The van der Waals surface area contributed by atoms with Crippen molar-refractivity contribution in [2.75, 3.05) is 6.54 Å². The second-order valence-corrected chi connectivity index (χ2v) is 2.90. The van der Waals surface area contributed by atoms with Crippen molar-refractivity contribution in [3.8, 4) is 0 Å². The largest absolute Gasteiger partial charge is 0.356 e. The van der Waals surface area contributed by atoms with Crippen LogP contribution >= 0.6 is 0 Å². The highest BCUT2D eigenvalue weighted by Gasteiger charge is 2.20. The van der Waals surface area contributed by atoms with Crippen LogP contribution in [0.15, 0.2) is 12.2 Å². The van der Waals surface area contributed by atoms with E-state index in [1.807, 2.05) is 6.08 Å². The van der Waals surface area contributed by atoms with Gasteiger partial charge in [-0.25, -0.2) is 0 Å². The lowest BCUT2D eigenvalue weighted by atomic mass is 10.1. The molecule has 2 nitrogen and oxygen atoms in total. The zero-order valence-corrected chi connectivity index (χ0v) is 6.97. The number of amides is 1. The summed E-state index contributed by atoms with van der Waals surface area (Å²) in [7, 11) is 0. The van der Waals surface area contributed by atoms with Crippen LogP contribution < -0.4 is 5.32 Å². The minimum absolute atomic E-state index is 0.154. The fourth-order valence-electron chi connectivity index (χ4n) is 1.22. The standard InChI is InChI=1S/C9H15NO/c1-2-3-4-5-8-6-7-10-9(8)11/h4-5,8H,2-3,6-7H2,1H3,(H,10,11). The first-order valence-electron chi connectivity index (χ1n) is 4.29. The van der Waals surface area contributed by atoms with Crippen LogP contribution in [0.3, 0.4) is 0 Å². The summed E-state index contributed by atoms with van der Waals surface area (Å²) in [6.07, 6.45) is 7.36. The smallest absolute Gasteiger partial charge is 0.226 e. The summed E-state index contributed by atoms with van der Waals surface area (Å²) < 4.78 is 0. The molecule has 0 aromatic rings. The third-order valence-electron chi connectivity index (χ3n) is 1.92. The molecule has 1 heterocycles. The average molecular weight is 153 g/mol. The van der Waals surface area contributed by atoms with E-state index in [0.717, 1.165) is 25.8 Å². The minimum Gasteiger partial charge on any atom is -0.356 e. The van der Waals surface area contributed by atoms with Gasteiger partial charge in [-0.1, -0.05) is 25.5 Å². The number of rotatable bonds is 3. The molecule has 1 N–H and O–H groups in total. The third kappa shape index (κ3) is 2.37. The number of hydrogen-bond donors (Lipinski definition) is 1. The van der Waals surface area contributed by atoms with Gasteiger partial charge in [0.25, 0.3) is 0 Å². The second-order valence-electron chi connectivity index (χ2n) is 2.90. The van der Waals surface area contributed by atoms with Crippen LogP contribution in [0.2, 0.25) is 0 Å². The van der Waals surface area contributed by atoms with E-state index in [2.05, 4.69) is 18.3 Å². The van der Waals surface area contributed by atoms with Crippen LogP contribution in [0.25, 0.3) is 0 Å². The molecule has 1 aliphatic heterocycles. The highest BCUT2D eigenvalue weighted by Crippen LogP contribution is 2.10. The lowest BCUT2D eigenvalue weighted by Gasteiger charge is -1.96. The van der Waals surface area contributed by atoms with E-state index in [0.29, 0.717) is 0 Å². The first kappa shape index (κ1) is 8.31. The third-order valence-corrected chi connectivity index (χ3v) is 1.92. The summed E-state index contributed by atoms with van der Waals surface area (Å²) in [5, 5.41) is 2.81.